The van der Waals surface area contributed by atoms with Gasteiger partial charge in [0.05, 0.1) is 25.3 Å². The zero-order chi connectivity index (χ0) is 29.4. The predicted octanol–water partition coefficient (Wildman–Crippen LogP) is 4.73. The molecule has 4 atom stereocenters. The number of nitrogens with zero attached hydrogens (tertiary/aromatic N) is 2. The molecule has 9 heteroatoms. The van der Waals surface area contributed by atoms with Gasteiger partial charge in [0.15, 0.2) is 6.23 Å². The van der Waals surface area contributed by atoms with Gasteiger partial charge in [-0.15, -0.1) is 0 Å². The van der Waals surface area contributed by atoms with Crippen molar-refractivity contribution in [1.82, 2.24) is 20.8 Å². The van der Waals surface area contributed by atoms with Crippen LogP contribution in [0.3, 0.4) is 0 Å². The molecule has 0 radical (unpaired) electrons. The van der Waals surface area contributed by atoms with E-state index in [0.29, 0.717) is 19.8 Å². The molecule has 0 unspecified atom stereocenters. The molecule has 9 nitrogen and oxygen atoms in total. The molecule has 6 rings (SSSR count). The summed E-state index contributed by atoms with van der Waals surface area (Å²) in [6.45, 7) is 1.15. The van der Waals surface area contributed by atoms with Crippen molar-refractivity contribution < 1.29 is 23.9 Å². The van der Waals surface area contributed by atoms with Crippen molar-refractivity contribution in [3.8, 4) is 0 Å². The lowest BCUT2D eigenvalue weighted by Gasteiger charge is -2.33. The van der Waals surface area contributed by atoms with Crippen LogP contribution in [0.5, 0.6) is 0 Å². The number of hydrogen-bond donors (Lipinski definition) is 2. The molecular weight excluding hydrogens is 544 g/mol. The number of amides is 2. The van der Waals surface area contributed by atoms with Crippen LogP contribution in [0.2, 0.25) is 0 Å². The highest BCUT2D eigenvalue weighted by Crippen LogP contribution is 2.40. The van der Waals surface area contributed by atoms with Gasteiger partial charge in [0.1, 0.15) is 12.6 Å². The van der Waals surface area contributed by atoms with Gasteiger partial charge < -0.3 is 14.4 Å². The Bertz CT molecular complexity index is 1480. The third kappa shape index (κ3) is 6.76. The Labute approximate surface area is 250 Å². The summed E-state index contributed by atoms with van der Waals surface area (Å²) in [6, 6.07) is 37.3. The first kappa shape index (κ1) is 28.6. The summed E-state index contributed by atoms with van der Waals surface area (Å²) >= 11 is 0. The van der Waals surface area contributed by atoms with Crippen LogP contribution in [0, 0.1) is 0 Å². The van der Waals surface area contributed by atoms with Gasteiger partial charge in [-0.05, 0) is 16.7 Å². The van der Waals surface area contributed by atoms with Gasteiger partial charge in [-0.1, -0.05) is 121 Å². The maximum absolute atomic E-state index is 14.1. The Hall–Kier alpha value is -4.54. The van der Waals surface area contributed by atoms with Crippen LogP contribution in [-0.4, -0.2) is 46.7 Å². The number of fused-ring (bicyclic) bond motifs is 1. The number of ether oxygens (including phenoxy) is 2. The molecule has 2 fully saturated rings. The number of rotatable bonds is 11. The number of benzene rings is 4. The molecule has 0 spiro atoms. The minimum absolute atomic E-state index is 0.107. The summed E-state index contributed by atoms with van der Waals surface area (Å²) in [4.78, 5) is 35.0. The Kier molecular flexibility index (Phi) is 9.05. The second-order valence-electron chi connectivity index (χ2n) is 10.5. The van der Waals surface area contributed by atoms with Crippen LogP contribution in [0.1, 0.15) is 28.5 Å². The number of hydrogen-bond acceptors (Lipinski definition) is 7. The minimum atomic E-state index is -0.830. The molecule has 0 aliphatic carbocycles. The van der Waals surface area contributed by atoms with E-state index >= 15 is 0 Å². The fraction of sp³-hybridized carbons (Fsp3) is 0.235. The van der Waals surface area contributed by atoms with Gasteiger partial charge in [-0.25, -0.2) is 10.2 Å². The third-order valence-corrected chi connectivity index (χ3v) is 7.67. The van der Waals surface area contributed by atoms with Gasteiger partial charge in [0, 0.05) is 12.1 Å². The molecule has 0 aromatic heterocycles. The molecule has 0 saturated carbocycles. The fourth-order valence-corrected chi connectivity index (χ4v) is 5.60. The van der Waals surface area contributed by atoms with Crippen LogP contribution in [-0.2, 0) is 38.9 Å². The zero-order valence-corrected chi connectivity index (χ0v) is 23.6. The number of hydroxylamine groups is 2. The molecular formula is C34H34N4O5. The lowest BCUT2D eigenvalue weighted by Crippen LogP contribution is -2.57. The highest BCUT2D eigenvalue weighted by Gasteiger charge is 2.57. The van der Waals surface area contributed by atoms with Crippen LogP contribution in [0.25, 0.3) is 0 Å². The van der Waals surface area contributed by atoms with E-state index in [9.17, 15) is 9.59 Å². The highest BCUT2D eigenvalue weighted by molar-refractivity contribution is 5.87. The van der Waals surface area contributed by atoms with Crippen molar-refractivity contribution in [3.63, 3.8) is 0 Å². The first-order valence-corrected chi connectivity index (χ1v) is 14.4. The lowest BCUT2D eigenvalue weighted by molar-refractivity contribution is -0.211. The first-order chi connectivity index (χ1) is 21.2. The smallest absolute Gasteiger partial charge is 0.421 e. The summed E-state index contributed by atoms with van der Waals surface area (Å²) < 4.78 is 11.6. The summed E-state index contributed by atoms with van der Waals surface area (Å²) in [5, 5.41) is 1.84. The number of nitrogens with one attached hydrogen (secondary N) is 2. The van der Waals surface area contributed by atoms with E-state index in [4.69, 9.17) is 14.3 Å². The van der Waals surface area contributed by atoms with E-state index in [2.05, 4.69) is 10.9 Å². The molecule has 2 aliphatic heterocycles. The lowest BCUT2D eigenvalue weighted by atomic mass is 10.0. The second kappa shape index (κ2) is 13.6. The van der Waals surface area contributed by atoms with Crippen molar-refractivity contribution in [2.45, 2.75) is 44.1 Å². The average Bonchev–Trinajstić information content (AvgIpc) is 3.61. The van der Waals surface area contributed by atoms with E-state index < -0.39 is 24.4 Å². The van der Waals surface area contributed by atoms with Gasteiger partial charge in [0.25, 0.3) is 0 Å². The van der Waals surface area contributed by atoms with Crippen molar-refractivity contribution in [2.24, 2.45) is 0 Å². The van der Waals surface area contributed by atoms with Gasteiger partial charge in [-0.2, -0.15) is 5.06 Å². The van der Waals surface area contributed by atoms with E-state index in [1.807, 2.05) is 126 Å². The first-order valence-electron chi connectivity index (χ1n) is 14.4. The zero-order valence-electron chi connectivity index (χ0n) is 23.6. The molecule has 2 amide bonds. The van der Waals surface area contributed by atoms with Crippen LogP contribution in [0.4, 0.5) is 4.79 Å². The molecule has 2 aliphatic rings. The predicted molar refractivity (Wildman–Crippen MR) is 159 cm³/mol. The van der Waals surface area contributed by atoms with E-state index in [-0.39, 0.29) is 18.6 Å². The second-order valence-corrected chi connectivity index (χ2v) is 10.5. The van der Waals surface area contributed by atoms with Gasteiger partial charge >= 0.3 is 6.09 Å². The quantitative estimate of drug-likeness (QED) is 0.249. The molecule has 0 bridgehead atoms. The van der Waals surface area contributed by atoms with Crippen LogP contribution in [0.15, 0.2) is 121 Å². The summed E-state index contributed by atoms with van der Waals surface area (Å²) in [7, 11) is 0. The molecule has 2 saturated heterocycles. The molecule has 4 aromatic carbocycles. The number of hydrazine groups is 1. The van der Waals surface area contributed by atoms with Gasteiger partial charge in [-0.3, -0.25) is 15.1 Å². The monoisotopic (exact) mass is 578 g/mol. The van der Waals surface area contributed by atoms with Crippen molar-refractivity contribution >= 4 is 12.0 Å². The maximum atomic E-state index is 14.1. The van der Waals surface area contributed by atoms with E-state index in [0.717, 1.165) is 22.3 Å². The van der Waals surface area contributed by atoms with Crippen molar-refractivity contribution in [2.75, 3.05) is 6.61 Å². The number of carbonyl (C=O) groups is 2. The molecule has 2 heterocycles. The molecule has 2 N–H and O–H groups in total. The Morgan fingerprint density at radius 1 is 0.791 bits per heavy atom. The van der Waals surface area contributed by atoms with Crippen molar-refractivity contribution in [3.05, 3.63) is 144 Å². The normalized spacial score (nSPS) is 21.1. The fourth-order valence-electron chi connectivity index (χ4n) is 5.60. The Balaban J connectivity index is 1.26. The van der Waals surface area contributed by atoms with Crippen LogP contribution < -0.4 is 10.9 Å². The standard InChI is InChI=1S/C34H34N4O5/c39-32-30(35-36-34(40)42-22-26-15-7-2-8-16-26)31(29-24-41-33(38(29)32)28-19-11-4-12-20-28)37(21-25-13-5-1-6-14-25)43-23-27-17-9-3-10-18-27/h1-20,29-31,33,35H,21-24H2,(H,36,40)/t29-,30-,31-,33-/m1/s1. The Morgan fingerprint density at radius 3 is 1.98 bits per heavy atom. The van der Waals surface area contributed by atoms with E-state index in [1.54, 1.807) is 4.90 Å². The van der Waals surface area contributed by atoms with E-state index in [1.165, 1.54) is 0 Å². The summed E-state index contributed by atoms with van der Waals surface area (Å²) in [6.07, 6.45) is -1.23. The number of carbonyl (C=O) groups excluding carboxylic acids is 2. The van der Waals surface area contributed by atoms with Crippen molar-refractivity contribution in [1.29, 1.82) is 0 Å². The molecule has 220 valence electrons. The average molecular weight is 579 g/mol. The third-order valence-electron chi connectivity index (χ3n) is 7.67. The largest absolute Gasteiger partial charge is 0.444 e. The van der Waals surface area contributed by atoms with Crippen LogP contribution >= 0.6 is 0 Å². The highest BCUT2D eigenvalue weighted by atomic mass is 16.7. The molecule has 43 heavy (non-hydrogen) atoms. The SMILES string of the molecule is O=C(NN[C@H]1C(=O)N2[C@@H](c3ccccc3)OC[C@@H]2[C@H]1N(Cc1ccccc1)OCc1ccccc1)OCc1ccccc1. The summed E-state index contributed by atoms with van der Waals surface area (Å²) in [5.41, 5.74) is 9.36. The maximum Gasteiger partial charge on any atom is 0.421 e. The minimum Gasteiger partial charge on any atom is -0.444 e. The topological polar surface area (TPSA) is 92.4 Å². The van der Waals surface area contributed by atoms with Gasteiger partial charge in [0.2, 0.25) is 5.91 Å². The molecule has 4 aromatic rings. The summed E-state index contributed by atoms with van der Waals surface area (Å²) in [5.74, 6) is -0.203. The Morgan fingerprint density at radius 2 is 1.35 bits per heavy atom.